The van der Waals surface area contributed by atoms with Crippen LogP contribution >= 0.6 is 0 Å². The summed E-state index contributed by atoms with van der Waals surface area (Å²) in [5, 5.41) is 17.8. The molecule has 0 spiro atoms. The van der Waals surface area contributed by atoms with Crippen LogP contribution in [0.2, 0.25) is 0 Å². The lowest BCUT2D eigenvalue weighted by Crippen LogP contribution is -2.22. The summed E-state index contributed by atoms with van der Waals surface area (Å²) in [5.41, 5.74) is -0.117. The first-order valence-corrected chi connectivity index (χ1v) is 5.95. The third kappa shape index (κ3) is 4.19. The van der Waals surface area contributed by atoms with Gasteiger partial charge in [-0.05, 0) is 0 Å². The Labute approximate surface area is 91.7 Å². The number of primary sulfonamides is 1. The summed E-state index contributed by atoms with van der Waals surface area (Å²) in [7, 11) is -3.54. The van der Waals surface area contributed by atoms with Gasteiger partial charge in [-0.2, -0.15) is 0 Å². The maximum absolute atomic E-state index is 10.6. The number of nitro groups is 1. The van der Waals surface area contributed by atoms with Crippen LogP contribution < -0.4 is 10.5 Å². The second-order valence-corrected chi connectivity index (χ2v) is 4.68. The summed E-state index contributed by atoms with van der Waals surface area (Å²) in [5.74, 6) is -0.0324. The summed E-state index contributed by atoms with van der Waals surface area (Å²) in [6, 6.07) is 2.45. The standard InChI is InChI=1S/C7H10N4O4S/c8-16(14,15)4-3-10-7-5-6(11(12)13)1-2-9-7/h1-2,5H,3-4H2,(H,9,10)(H2,8,14,15). The average molecular weight is 246 g/mol. The molecule has 0 radical (unpaired) electrons. The Morgan fingerprint density at radius 2 is 2.25 bits per heavy atom. The normalized spacial score (nSPS) is 11.1. The summed E-state index contributed by atoms with van der Waals surface area (Å²) in [6.45, 7) is 0.0486. The number of nitrogens with one attached hydrogen (secondary N) is 1. The van der Waals surface area contributed by atoms with Crippen molar-refractivity contribution >= 4 is 21.5 Å². The Hall–Kier alpha value is -1.74. The van der Waals surface area contributed by atoms with E-state index in [0.29, 0.717) is 0 Å². The average Bonchev–Trinajstić information content (AvgIpc) is 2.16. The Bertz CT molecular complexity index is 487. The Morgan fingerprint density at radius 1 is 1.56 bits per heavy atom. The van der Waals surface area contributed by atoms with Crippen LogP contribution in [0.5, 0.6) is 0 Å². The van der Waals surface area contributed by atoms with E-state index in [9.17, 15) is 18.5 Å². The third-order valence-electron chi connectivity index (χ3n) is 1.65. The zero-order valence-electron chi connectivity index (χ0n) is 8.16. The molecule has 9 heteroatoms. The molecule has 0 atom stereocenters. The van der Waals surface area contributed by atoms with Crippen molar-refractivity contribution in [3.05, 3.63) is 28.4 Å². The first kappa shape index (κ1) is 12.3. The van der Waals surface area contributed by atoms with E-state index in [-0.39, 0.29) is 23.8 Å². The van der Waals surface area contributed by atoms with Gasteiger partial charge < -0.3 is 5.32 Å². The fourth-order valence-corrected chi connectivity index (χ4v) is 1.34. The molecular weight excluding hydrogens is 236 g/mol. The van der Waals surface area contributed by atoms with Gasteiger partial charge in [0.1, 0.15) is 5.82 Å². The molecule has 0 bridgehead atoms. The number of anilines is 1. The van der Waals surface area contributed by atoms with Crippen LogP contribution in [0.3, 0.4) is 0 Å². The summed E-state index contributed by atoms with van der Waals surface area (Å²) < 4.78 is 21.2. The third-order valence-corrected chi connectivity index (χ3v) is 2.42. The minimum absolute atomic E-state index is 0.0486. The van der Waals surface area contributed by atoms with Crippen molar-refractivity contribution in [2.75, 3.05) is 17.6 Å². The smallest absolute Gasteiger partial charge is 0.274 e. The zero-order chi connectivity index (χ0) is 12.2. The highest BCUT2D eigenvalue weighted by molar-refractivity contribution is 7.89. The lowest BCUT2D eigenvalue weighted by atomic mass is 10.4. The molecule has 8 nitrogen and oxygen atoms in total. The predicted molar refractivity (Wildman–Crippen MR) is 57.4 cm³/mol. The van der Waals surface area contributed by atoms with Crippen molar-refractivity contribution in [3.8, 4) is 0 Å². The zero-order valence-corrected chi connectivity index (χ0v) is 8.98. The molecule has 1 heterocycles. The molecule has 88 valence electrons. The monoisotopic (exact) mass is 246 g/mol. The van der Waals surface area contributed by atoms with Gasteiger partial charge >= 0.3 is 0 Å². The number of pyridine rings is 1. The summed E-state index contributed by atoms with van der Waals surface area (Å²) in [4.78, 5) is 13.6. The molecule has 0 aliphatic rings. The fourth-order valence-electron chi connectivity index (χ4n) is 0.951. The number of hydrogen-bond acceptors (Lipinski definition) is 6. The highest BCUT2D eigenvalue weighted by Crippen LogP contribution is 2.13. The minimum atomic E-state index is -3.54. The molecule has 0 aromatic carbocycles. The minimum Gasteiger partial charge on any atom is -0.369 e. The lowest BCUT2D eigenvalue weighted by Gasteiger charge is -2.03. The maximum Gasteiger partial charge on any atom is 0.274 e. The van der Waals surface area contributed by atoms with Gasteiger partial charge in [0.05, 0.1) is 16.7 Å². The molecule has 0 aliphatic heterocycles. The predicted octanol–water partition coefficient (Wildman–Crippen LogP) is -0.310. The molecule has 0 saturated heterocycles. The molecular formula is C7H10N4O4S. The molecule has 3 N–H and O–H groups in total. The van der Waals surface area contributed by atoms with Gasteiger partial charge in [0, 0.05) is 18.8 Å². The Morgan fingerprint density at radius 3 is 2.81 bits per heavy atom. The molecule has 1 aromatic heterocycles. The number of nitrogens with zero attached hydrogens (tertiary/aromatic N) is 2. The highest BCUT2D eigenvalue weighted by Gasteiger charge is 2.07. The quantitative estimate of drug-likeness (QED) is 0.541. The van der Waals surface area contributed by atoms with Crippen molar-refractivity contribution < 1.29 is 13.3 Å². The van der Waals surface area contributed by atoms with E-state index in [1.165, 1.54) is 18.3 Å². The number of hydrogen-bond donors (Lipinski definition) is 2. The molecule has 1 rings (SSSR count). The van der Waals surface area contributed by atoms with Crippen LogP contribution in [-0.2, 0) is 10.0 Å². The SMILES string of the molecule is NS(=O)(=O)CCNc1cc([N+](=O)[O-])ccn1. The Balaban J connectivity index is 2.61. The van der Waals surface area contributed by atoms with E-state index in [1.807, 2.05) is 0 Å². The van der Waals surface area contributed by atoms with Crippen LogP contribution in [-0.4, -0.2) is 30.6 Å². The van der Waals surface area contributed by atoms with Crippen molar-refractivity contribution in [3.63, 3.8) is 0 Å². The van der Waals surface area contributed by atoms with Gasteiger partial charge in [-0.25, -0.2) is 18.5 Å². The molecule has 0 fully saturated rings. The van der Waals surface area contributed by atoms with Gasteiger partial charge in [0.2, 0.25) is 10.0 Å². The highest BCUT2D eigenvalue weighted by atomic mass is 32.2. The molecule has 0 unspecified atom stereocenters. The first-order valence-electron chi connectivity index (χ1n) is 4.23. The molecule has 0 saturated carbocycles. The maximum atomic E-state index is 10.6. The Kier molecular flexibility index (Phi) is 3.74. The van der Waals surface area contributed by atoms with E-state index >= 15 is 0 Å². The van der Waals surface area contributed by atoms with Crippen molar-refractivity contribution in [1.29, 1.82) is 0 Å². The van der Waals surface area contributed by atoms with Gasteiger partial charge in [-0.15, -0.1) is 0 Å². The molecule has 16 heavy (non-hydrogen) atoms. The largest absolute Gasteiger partial charge is 0.369 e. The van der Waals surface area contributed by atoms with Gasteiger partial charge in [-0.3, -0.25) is 10.1 Å². The molecule has 0 aliphatic carbocycles. The number of nitrogens with two attached hydrogens (primary N) is 1. The van der Waals surface area contributed by atoms with E-state index in [4.69, 9.17) is 5.14 Å². The summed E-state index contributed by atoms with van der Waals surface area (Å²) in [6.07, 6.45) is 1.26. The molecule has 1 aromatic rings. The van der Waals surface area contributed by atoms with E-state index in [1.54, 1.807) is 0 Å². The van der Waals surface area contributed by atoms with E-state index in [0.717, 1.165) is 0 Å². The van der Waals surface area contributed by atoms with Crippen LogP contribution in [0, 0.1) is 10.1 Å². The van der Waals surface area contributed by atoms with Gasteiger partial charge in [-0.1, -0.05) is 0 Å². The van der Waals surface area contributed by atoms with Crippen LogP contribution in [0.15, 0.2) is 18.3 Å². The van der Waals surface area contributed by atoms with Gasteiger partial charge in [0.25, 0.3) is 5.69 Å². The topological polar surface area (TPSA) is 128 Å². The summed E-state index contributed by atoms with van der Waals surface area (Å²) >= 11 is 0. The van der Waals surface area contributed by atoms with Crippen molar-refractivity contribution in [2.45, 2.75) is 0 Å². The van der Waals surface area contributed by atoms with Crippen LogP contribution in [0.25, 0.3) is 0 Å². The van der Waals surface area contributed by atoms with Crippen LogP contribution in [0.4, 0.5) is 11.5 Å². The second-order valence-electron chi connectivity index (χ2n) is 2.95. The van der Waals surface area contributed by atoms with Crippen LogP contribution in [0.1, 0.15) is 0 Å². The fraction of sp³-hybridized carbons (Fsp3) is 0.286. The van der Waals surface area contributed by atoms with Crippen molar-refractivity contribution in [1.82, 2.24) is 4.98 Å². The van der Waals surface area contributed by atoms with Gasteiger partial charge in [0.15, 0.2) is 0 Å². The van der Waals surface area contributed by atoms with E-state index < -0.39 is 14.9 Å². The molecule has 0 amide bonds. The number of aromatic nitrogens is 1. The van der Waals surface area contributed by atoms with E-state index in [2.05, 4.69) is 10.3 Å². The number of sulfonamides is 1. The lowest BCUT2D eigenvalue weighted by molar-refractivity contribution is -0.384. The second kappa shape index (κ2) is 4.86. The first-order chi connectivity index (χ1) is 7.38. The number of rotatable bonds is 5. The van der Waals surface area contributed by atoms with Crippen molar-refractivity contribution in [2.24, 2.45) is 5.14 Å².